The van der Waals surface area contributed by atoms with Gasteiger partial charge in [0.2, 0.25) is 11.8 Å². The minimum absolute atomic E-state index is 0.0844. The average molecular weight is 345 g/mol. The maximum absolute atomic E-state index is 13.1. The lowest BCUT2D eigenvalue weighted by Crippen LogP contribution is -2.49. The van der Waals surface area contributed by atoms with Crippen molar-refractivity contribution in [2.45, 2.75) is 65.5 Å². The Morgan fingerprint density at radius 2 is 1.96 bits per heavy atom. The number of carbonyl (C=O) groups is 2. The van der Waals surface area contributed by atoms with Crippen molar-refractivity contribution in [3.05, 3.63) is 29.6 Å². The molecule has 0 spiro atoms. The van der Waals surface area contributed by atoms with Crippen LogP contribution < -0.4 is 5.32 Å². The minimum atomic E-state index is -0.604. The summed E-state index contributed by atoms with van der Waals surface area (Å²) in [5.74, 6) is -0.206. The second-order valence-corrected chi connectivity index (χ2v) is 7.93. The number of nitrogens with one attached hydrogen (secondary N) is 1. The molecule has 0 saturated heterocycles. The molecule has 0 aromatic carbocycles. The van der Waals surface area contributed by atoms with Crippen LogP contribution in [0.5, 0.6) is 0 Å². The molecule has 1 aromatic rings. The van der Waals surface area contributed by atoms with E-state index in [1.54, 1.807) is 11.0 Å². The lowest BCUT2D eigenvalue weighted by atomic mass is 10.0. The Bertz CT molecular complexity index is 680. The van der Waals surface area contributed by atoms with Gasteiger partial charge in [0.05, 0.1) is 5.69 Å². The molecule has 1 aromatic heterocycles. The van der Waals surface area contributed by atoms with E-state index in [-0.39, 0.29) is 17.4 Å². The fraction of sp³-hybridized carbons (Fsp3) is 0.600. The van der Waals surface area contributed by atoms with E-state index in [1.165, 1.54) is 0 Å². The smallest absolute Gasteiger partial charge is 0.249 e. The molecule has 25 heavy (non-hydrogen) atoms. The van der Waals surface area contributed by atoms with E-state index in [4.69, 9.17) is 0 Å². The summed E-state index contributed by atoms with van der Waals surface area (Å²) in [5.41, 5.74) is 2.42. The highest BCUT2D eigenvalue weighted by molar-refractivity contribution is 6.00. The molecule has 5 heteroatoms. The van der Waals surface area contributed by atoms with Crippen LogP contribution in [0, 0.1) is 0 Å². The number of amides is 2. The molecule has 2 amide bonds. The van der Waals surface area contributed by atoms with Crippen molar-refractivity contribution in [3.8, 4) is 0 Å². The van der Waals surface area contributed by atoms with Gasteiger partial charge in [-0.05, 0) is 45.8 Å². The molecule has 0 radical (unpaired) electrons. The first-order valence-electron chi connectivity index (χ1n) is 9.12. The third-order valence-corrected chi connectivity index (χ3v) is 4.49. The maximum atomic E-state index is 13.1. The Morgan fingerprint density at radius 3 is 2.56 bits per heavy atom. The molecule has 1 aliphatic rings. The summed E-state index contributed by atoms with van der Waals surface area (Å²) in [5, 5.41) is 3.06. The number of nitrogens with zero attached hydrogens (tertiary/aromatic N) is 2. The maximum Gasteiger partial charge on any atom is 0.249 e. The molecule has 1 unspecified atom stereocenters. The van der Waals surface area contributed by atoms with Crippen LogP contribution in [0.3, 0.4) is 0 Å². The fourth-order valence-corrected chi connectivity index (χ4v) is 3.31. The second-order valence-electron chi connectivity index (χ2n) is 7.93. The number of allylic oxidation sites excluding steroid dienone is 1. The highest BCUT2D eigenvalue weighted by Gasteiger charge is 2.37. The molecule has 2 heterocycles. The first kappa shape index (κ1) is 19.3. The first-order valence-corrected chi connectivity index (χ1v) is 9.12. The monoisotopic (exact) mass is 345 g/mol. The number of hydrogen-bond acceptors (Lipinski definition) is 2. The van der Waals surface area contributed by atoms with Crippen LogP contribution in [0.2, 0.25) is 0 Å². The van der Waals surface area contributed by atoms with E-state index in [9.17, 15) is 9.59 Å². The van der Waals surface area contributed by atoms with E-state index in [0.29, 0.717) is 6.54 Å². The van der Waals surface area contributed by atoms with Crippen LogP contribution in [0.1, 0.15) is 71.2 Å². The molecular weight excluding hydrogens is 314 g/mol. The predicted molar refractivity (Wildman–Crippen MR) is 101 cm³/mol. The number of aryl methyl sites for hydroxylation is 1. The Morgan fingerprint density at radius 1 is 1.28 bits per heavy atom. The second kappa shape index (κ2) is 7.46. The van der Waals surface area contributed by atoms with Crippen LogP contribution in [0.25, 0.3) is 5.57 Å². The van der Waals surface area contributed by atoms with Crippen molar-refractivity contribution in [1.82, 2.24) is 14.8 Å². The summed E-state index contributed by atoms with van der Waals surface area (Å²) >= 11 is 0. The van der Waals surface area contributed by atoms with Gasteiger partial charge >= 0.3 is 0 Å². The molecule has 0 aliphatic carbocycles. The van der Waals surface area contributed by atoms with Gasteiger partial charge in [-0.3, -0.25) is 9.59 Å². The van der Waals surface area contributed by atoms with Gasteiger partial charge in [-0.15, -0.1) is 0 Å². The molecule has 138 valence electrons. The fourth-order valence-electron chi connectivity index (χ4n) is 3.31. The Labute approximate surface area is 151 Å². The highest BCUT2D eigenvalue weighted by Crippen LogP contribution is 2.33. The predicted octanol–water partition coefficient (Wildman–Crippen LogP) is 3.42. The number of unbranched alkanes of at least 4 members (excludes halogenated alkanes) is 2. The number of fused-ring (bicyclic) bond motifs is 1. The summed E-state index contributed by atoms with van der Waals surface area (Å²) in [6, 6.07) is 1.38. The van der Waals surface area contributed by atoms with Gasteiger partial charge in [0.15, 0.2) is 6.04 Å². The first-order chi connectivity index (χ1) is 11.7. The van der Waals surface area contributed by atoms with Crippen molar-refractivity contribution in [3.63, 3.8) is 0 Å². The standard InChI is InChI=1S/C20H31N3O2/c1-7-8-9-11-23-16(24)13-14(2)15-10-12-22(6)17(15)18(23)19(25)21-20(3,4)5/h10,12-13,18H,7-9,11H2,1-6H3,(H,21,25). The lowest BCUT2D eigenvalue weighted by molar-refractivity contribution is -0.138. The Hall–Kier alpha value is -2.04. The topological polar surface area (TPSA) is 54.3 Å². The van der Waals surface area contributed by atoms with Gasteiger partial charge in [-0.2, -0.15) is 0 Å². The Kier molecular flexibility index (Phi) is 5.76. The molecule has 0 fully saturated rings. The third-order valence-electron chi connectivity index (χ3n) is 4.49. The SMILES string of the molecule is CCCCCN1C(=O)C=C(C)c2ccn(C)c2C1C(=O)NC(C)(C)C. The van der Waals surface area contributed by atoms with E-state index in [0.717, 1.165) is 36.1 Å². The lowest BCUT2D eigenvalue weighted by Gasteiger charge is -2.33. The van der Waals surface area contributed by atoms with E-state index < -0.39 is 6.04 Å². The summed E-state index contributed by atoms with van der Waals surface area (Å²) in [4.78, 5) is 27.7. The molecule has 5 nitrogen and oxygen atoms in total. The summed E-state index contributed by atoms with van der Waals surface area (Å²) < 4.78 is 1.96. The zero-order valence-corrected chi connectivity index (χ0v) is 16.3. The molecule has 1 aliphatic heterocycles. The van der Waals surface area contributed by atoms with Crippen molar-refractivity contribution in [1.29, 1.82) is 0 Å². The van der Waals surface area contributed by atoms with Crippen LogP contribution in [-0.4, -0.2) is 33.4 Å². The van der Waals surface area contributed by atoms with Gasteiger partial charge in [-0.25, -0.2) is 0 Å². The van der Waals surface area contributed by atoms with Gasteiger partial charge in [0.1, 0.15) is 0 Å². The number of hydrogen-bond donors (Lipinski definition) is 1. The summed E-state index contributed by atoms with van der Waals surface area (Å²) in [6.07, 6.45) is 6.63. The van der Waals surface area contributed by atoms with Gasteiger partial charge in [-0.1, -0.05) is 19.8 Å². The third kappa shape index (κ3) is 4.33. The van der Waals surface area contributed by atoms with Crippen molar-refractivity contribution >= 4 is 17.4 Å². The molecule has 0 bridgehead atoms. The number of aromatic nitrogens is 1. The van der Waals surface area contributed by atoms with Crippen LogP contribution in [0.15, 0.2) is 18.3 Å². The van der Waals surface area contributed by atoms with E-state index >= 15 is 0 Å². The van der Waals surface area contributed by atoms with E-state index in [2.05, 4.69) is 12.2 Å². The molecular formula is C20H31N3O2. The van der Waals surface area contributed by atoms with Gasteiger partial charge in [0, 0.05) is 37.0 Å². The van der Waals surface area contributed by atoms with E-state index in [1.807, 2.05) is 51.6 Å². The quantitative estimate of drug-likeness (QED) is 0.832. The number of rotatable bonds is 5. The largest absolute Gasteiger partial charge is 0.352 e. The van der Waals surface area contributed by atoms with Gasteiger partial charge in [0.25, 0.3) is 0 Å². The normalized spacial score (nSPS) is 17.8. The number of carbonyl (C=O) groups excluding carboxylic acids is 2. The summed E-state index contributed by atoms with van der Waals surface area (Å²) in [6.45, 7) is 10.5. The average Bonchev–Trinajstić information content (AvgIpc) is 2.81. The van der Waals surface area contributed by atoms with Crippen molar-refractivity contribution < 1.29 is 9.59 Å². The molecule has 1 atom stereocenters. The highest BCUT2D eigenvalue weighted by atomic mass is 16.2. The molecule has 2 rings (SSSR count). The minimum Gasteiger partial charge on any atom is -0.352 e. The Balaban J connectivity index is 2.49. The molecule has 0 saturated carbocycles. The van der Waals surface area contributed by atoms with Crippen molar-refractivity contribution in [2.75, 3.05) is 6.54 Å². The zero-order valence-electron chi connectivity index (χ0n) is 16.3. The van der Waals surface area contributed by atoms with Crippen LogP contribution in [0.4, 0.5) is 0 Å². The van der Waals surface area contributed by atoms with Crippen LogP contribution in [-0.2, 0) is 16.6 Å². The zero-order chi connectivity index (χ0) is 18.8. The summed E-state index contributed by atoms with van der Waals surface area (Å²) in [7, 11) is 1.93. The molecule has 1 N–H and O–H groups in total. The van der Waals surface area contributed by atoms with Crippen LogP contribution >= 0.6 is 0 Å². The van der Waals surface area contributed by atoms with Crippen molar-refractivity contribution in [2.24, 2.45) is 7.05 Å². The van der Waals surface area contributed by atoms with Gasteiger partial charge < -0.3 is 14.8 Å².